The molecule has 0 saturated carbocycles. The van der Waals surface area contributed by atoms with E-state index in [9.17, 15) is 13.2 Å². The number of nitrogens with one attached hydrogen (secondary N) is 1. The Hall–Kier alpha value is -1.70. The molecule has 1 heterocycles. The number of aryl methyl sites for hydroxylation is 2. The van der Waals surface area contributed by atoms with Crippen molar-refractivity contribution >= 4 is 27.3 Å². The first-order valence-corrected chi connectivity index (χ1v) is 8.60. The van der Waals surface area contributed by atoms with Gasteiger partial charge in [0.1, 0.15) is 4.21 Å². The van der Waals surface area contributed by atoms with Gasteiger partial charge in [0.15, 0.2) is 0 Å². The first kappa shape index (κ1) is 15.7. The Morgan fingerprint density at radius 1 is 1.19 bits per heavy atom. The molecule has 0 aliphatic heterocycles. The molecule has 0 bridgehead atoms. The summed E-state index contributed by atoms with van der Waals surface area (Å²) in [5, 5.41) is 7.81. The molecule has 0 spiro atoms. The summed E-state index contributed by atoms with van der Waals surface area (Å²) < 4.78 is 22.4. The Kier molecular flexibility index (Phi) is 4.46. The third-order valence-corrected chi connectivity index (χ3v) is 5.63. The predicted molar refractivity (Wildman–Crippen MR) is 82.8 cm³/mol. The number of carbonyl (C=O) groups is 1. The Morgan fingerprint density at radius 3 is 2.48 bits per heavy atom. The number of nitrogens with two attached hydrogens (primary N) is 1. The summed E-state index contributed by atoms with van der Waals surface area (Å²) in [6.45, 7) is 4.20. The second kappa shape index (κ2) is 5.97. The van der Waals surface area contributed by atoms with Crippen molar-refractivity contribution in [3.63, 3.8) is 0 Å². The van der Waals surface area contributed by atoms with E-state index in [-0.39, 0.29) is 16.7 Å². The number of amides is 1. The zero-order valence-electron chi connectivity index (χ0n) is 11.7. The Morgan fingerprint density at radius 2 is 1.90 bits per heavy atom. The van der Waals surface area contributed by atoms with Gasteiger partial charge in [-0.05, 0) is 49.2 Å². The maximum atomic E-state index is 12.0. The molecular weight excluding hydrogens is 308 g/mol. The third kappa shape index (κ3) is 3.90. The third-order valence-electron chi connectivity index (χ3n) is 3.11. The lowest BCUT2D eigenvalue weighted by Crippen LogP contribution is -2.22. The van der Waals surface area contributed by atoms with Crippen LogP contribution in [0.4, 0.5) is 0 Å². The Bertz CT molecular complexity index is 779. The van der Waals surface area contributed by atoms with E-state index in [4.69, 9.17) is 5.14 Å². The minimum absolute atomic E-state index is 0.0953. The van der Waals surface area contributed by atoms with Crippen molar-refractivity contribution in [1.82, 2.24) is 5.32 Å². The van der Waals surface area contributed by atoms with E-state index < -0.39 is 10.0 Å². The minimum Gasteiger partial charge on any atom is -0.347 e. The average Bonchev–Trinajstić information content (AvgIpc) is 2.88. The van der Waals surface area contributed by atoms with Crippen LogP contribution in [-0.4, -0.2) is 14.3 Å². The number of carbonyl (C=O) groups excluding carboxylic acids is 1. The van der Waals surface area contributed by atoms with Crippen LogP contribution in [0.2, 0.25) is 0 Å². The summed E-state index contributed by atoms with van der Waals surface area (Å²) in [7, 11) is -3.68. The predicted octanol–water partition coefficient (Wildman–Crippen LogP) is 1.94. The van der Waals surface area contributed by atoms with Crippen molar-refractivity contribution in [3.05, 3.63) is 51.9 Å². The van der Waals surface area contributed by atoms with E-state index in [0.717, 1.165) is 27.3 Å². The zero-order chi connectivity index (χ0) is 15.6. The lowest BCUT2D eigenvalue weighted by Gasteiger charge is -2.06. The van der Waals surface area contributed by atoms with Gasteiger partial charge in [-0.2, -0.15) is 0 Å². The van der Waals surface area contributed by atoms with E-state index in [1.165, 1.54) is 6.07 Å². The molecule has 0 fully saturated rings. The first-order chi connectivity index (χ1) is 9.77. The van der Waals surface area contributed by atoms with Gasteiger partial charge in [0.25, 0.3) is 5.91 Å². The van der Waals surface area contributed by atoms with Gasteiger partial charge < -0.3 is 5.32 Å². The highest BCUT2D eigenvalue weighted by atomic mass is 32.2. The summed E-state index contributed by atoms with van der Waals surface area (Å²) >= 11 is 1.05. The second-order valence-electron chi connectivity index (χ2n) is 4.75. The van der Waals surface area contributed by atoms with Crippen molar-refractivity contribution in [2.45, 2.75) is 24.6 Å². The van der Waals surface area contributed by atoms with E-state index in [1.54, 1.807) is 12.1 Å². The maximum Gasteiger partial charge on any atom is 0.251 e. The summed E-state index contributed by atoms with van der Waals surface area (Å²) in [5.41, 5.74) is 2.76. The molecule has 2 aromatic rings. The van der Waals surface area contributed by atoms with Crippen LogP contribution >= 0.6 is 11.3 Å². The number of thiophene rings is 1. The average molecular weight is 324 g/mol. The molecule has 21 heavy (non-hydrogen) atoms. The molecule has 0 radical (unpaired) electrons. The number of sulfonamides is 1. The SMILES string of the molecule is Cc1ccc(C(=O)NCc2ccc(S(N)(=O)=O)s2)cc1C. The van der Waals surface area contributed by atoms with E-state index >= 15 is 0 Å². The molecule has 0 saturated heterocycles. The molecular formula is C14H16N2O3S2. The zero-order valence-corrected chi connectivity index (χ0v) is 13.3. The molecule has 0 aliphatic rings. The number of hydrogen-bond donors (Lipinski definition) is 2. The highest BCUT2D eigenvalue weighted by Crippen LogP contribution is 2.20. The van der Waals surface area contributed by atoms with Crippen molar-refractivity contribution in [3.8, 4) is 0 Å². The normalized spacial score (nSPS) is 11.4. The summed E-state index contributed by atoms with van der Waals surface area (Å²) in [4.78, 5) is 12.8. The van der Waals surface area contributed by atoms with Gasteiger partial charge >= 0.3 is 0 Å². The fraction of sp³-hybridized carbons (Fsp3) is 0.214. The van der Waals surface area contributed by atoms with Crippen LogP contribution in [0.3, 0.4) is 0 Å². The lowest BCUT2D eigenvalue weighted by molar-refractivity contribution is 0.0951. The van der Waals surface area contributed by atoms with Gasteiger partial charge in [-0.3, -0.25) is 4.79 Å². The quantitative estimate of drug-likeness (QED) is 0.900. The smallest absolute Gasteiger partial charge is 0.251 e. The monoisotopic (exact) mass is 324 g/mol. The fourth-order valence-electron chi connectivity index (χ4n) is 1.76. The topological polar surface area (TPSA) is 89.3 Å². The molecule has 0 unspecified atom stereocenters. The van der Waals surface area contributed by atoms with Crippen LogP contribution in [0, 0.1) is 13.8 Å². The van der Waals surface area contributed by atoms with Crippen molar-refractivity contribution in [2.24, 2.45) is 5.14 Å². The second-order valence-corrected chi connectivity index (χ2v) is 7.70. The summed E-state index contributed by atoms with van der Waals surface area (Å²) in [6.07, 6.45) is 0. The lowest BCUT2D eigenvalue weighted by atomic mass is 10.1. The standard InChI is InChI=1S/C14H16N2O3S2/c1-9-3-4-11(7-10(9)2)14(17)16-8-12-5-6-13(20-12)21(15,18)19/h3-7H,8H2,1-2H3,(H,16,17)(H2,15,18,19). The van der Waals surface area contributed by atoms with Crippen molar-refractivity contribution in [1.29, 1.82) is 0 Å². The molecule has 3 N–H and O–H groups in total. The molecule has 0 aliphatic carbocycles. The van der Waals surface area contributed by atoms with Gasteiger partial charge in [-0.15, -0.1) is 11.3 Å². The molecule has 7 heteroatoms. The van der Waals surface area contributed by atoms with Crippen LogP contribution in [0.15, 0.2) is 34.5 Å². The number of hydrogen-bond acceptors (Lipinski definition) is 4. The fourth-order valence-corrected chi connectivity index (χ4v) is 3.48. The van der Waals surface area contributed by atoms with E-state index in [1.807, 2.05) is 26.0 Å². The summed E-state index contributed by atoms with van der Waals surface area (Å²) in [5.74, 6) is -0.191. The Labute approximate surface area is 127 Å². The molecule has 1 amide bonds. The molecule has 0 atom stereocenters. The number of primary sulfonamides is 1. The molecule has 112 valence electrons. The minimum atomic E-state index is -3.68. The highest BCUT2D eigenvalue weighted by molar-refractivity contribution is 7.91. The van der Waals surface area contributed by atoms with Crippen LogP contribution in [0.5, 0.6) is 0 Å². The van der Waals surface area contributed by atoms with Gasteiger partial charge in [-0.25, -0.2) is 13.6 Å². The number of benzene rings is 1. The molecule has 5 nitrogen and oxygen atoms in total. The molecule has 2 rings (SSSR count). The van der Waals surface area contributed by atoms with E-state index in [0.29, 0.717) is 5.56 Å². The van der Waals surface area contributed by atoms with Crippen molar-refractivity contribution < 1.29 is 13.2 Å². The van der Waals surface area contributed by atoms with Crippen LogP contribution in [0.25, 0.3) is 0 Å². The van der Waals surface area contributed by atoms with Crippen LogP contribution < -0.4 is 10.5 Å². The van der Waals surface area contributed by atoms with Crippen molar-refractivity contribution in [2.75, 3.05) is 0 Å². The number of rotatable bonds is 4. The van der Waals surface area contributed by atoms with Crippen LogP contribution in [-0.2, 0) is 16.6 Å². The van der Waals surface area contributed by atoms with Gasteiger partial charge in [-0.1, -0.05) is 6.07 Å². The van der Waals surface area contributed by atoms with E-state index in [2.05, 4.69) is 5.32 Å². The van der Waals surface area contributed by atoms with Crippen LogP contribution in [0.1, 0.15) is 26.4 Å². The first-order valence-electron chi connectivity index (χ1n) is 6.24. The summed E-state index contributed by atoms with van der Waals surface area (Å²) in [6, 6.07) is 8.58. The molecule has 1 aromatic heterocycles. The molecule has 1 aromatic carbocycles. The van der Waals surface area contributed by atoms with Gasteiger partial charge in [0.2, 0.25) is 10.0 Å². The maximum absolute atomic E-state index is 12.0. The van der Waals surface area contributed by atoms with Gasteiger partial charge in [0.05, 0.1) is 6.54 Å². The largest absolute Gasteiger partial charge is 0.347 e. The van der Waals surface area contributed by atoms with Gasteiger partial charge in [0, 0.05) is 10.4 Å². The highest BCUT2D eigenvalue weighted by Gasteiger charge is 2.12. The Balaban J connectivity index is 2.04.